The molecule has 2 bridgehead atoms. The van der Waals surface area contributed by atoms with Crippen molar-refractivity contribution in [3.63, 3.8) is 0 Å². The first-order valence-corrected chi connectivity index (χ1v) is 9.80. The molecule has 1 aromatic heterocycles. The highest BCUT2D eigenvalue weighted by atomic mass is 127. The summed E-state index contributed by atoms with van der Waals surface area (Å²) in [6.45, 7) is 1.73. The van der Waals surface area contributed by atoms with Gasteiger partial charge < -0.3 is 15.1 Å². The van der Waals surface area contributed by atoms with Gasteiger partial charge in [-0.15, -0.1) is 24.0 Å². The third-order valence-corrected chi connectivity index (χ3v) is 5.46. The van der Waals surface area contributed by atoms with Crippen molar-refractivity contribution >= 4 is 41.7 Å². The summed E-state index contributed by atoms with van der Waals surface area (Å²) in [5, 5.41) is 7.16. The van der Waals surface area contributed by atoms with Crippen molar-refractivity contribution in [1.29, 1.82) is 0 Å². The Balaban J connectivity index is 0.00000192. The van der Waals surface area contributed by atoms with Crippen molar-refractivity contribution in [2.45, 2.75) is 38.1 Å². The highest BCUT2D eigenvalue weighted by molar-refractivity contribution is 14.0. The fourth-order valence-corrected chi connectivity index (χ4v) is 4.03. The molecular formula is C17H28IN3OS. The summed E-state index contributed by atoms with van der Waals surface area (Å²) in [6, 6.07) is 4.59. The molecule has 0 aromatic carbocycles. The molecule has 2 fully saturated rings. The maximum absolute atomic E-state index is 5.38. The van der Waals surface area contributed by atoms with E-state index < -0.39 is 0 Å². The number of fused-ring (bicyclic) bond motifs is 2. The molecule has 2 N–H and O–H groups in total. The molecule has 0 aliphatic heterocycles. The zero-order valence-corrected chi connectivity index (χ0v) is 16.9. The van der Waals surface area contributed by atoms with Crippen molar-refractivity contribution < 1.29 is 4.42 Å². The van der Waals surface area contributed by atoms with Gasteiger partial charge in [0.15, 0.2) is 5.96 Å². The highest BCUT2D eigenvalue weighted by Gasteiger charge is 2.39. The Morgan fingerprint density at radius 3 is 2.96 bits per heavy atom. The van der Waals surface area contributed by atoms with E-state index in [9.17, 15) is 0 Å². The molecule has 2 aliphatic rings. The van der Waals surface area contributed by atoms with Crippen LogP contribution in [0.25, 0.3) is 0 Å². The molecule has 0 amide bonds. The second-order valence-corrected chi connectivity index (χ2v) is 7.39. The van der Waals surface area contributed by atoms with Crippen LogP contribution in [0.2, 0.25) is 0 Å². The van der Waals surface area contributed by atoms with Gasteiger partial charge in [-0.3, -0.25) is 4.99 Å². The monoisotopic (exact) mass is 449 g/mol. The van der Waals surface area contributed by atoms with Gasteiger partial charge in [0.05, 0.1) is 12.8 Å². The molecule has 2 aliphatic carbocycles. The number of thioether (sulfide) groups is 1. The van der Waals surface area contributed by atoms with E-state index in [-0.39, 0.29) is 24.0 Å². The summed E-state index contributed by atoms with van der Waals surface area (Å²) < 4.78 is 5.38. The minimum absolute atomic E-state index is 0. The Morgan fingerprint density at radius 1 is 1.39 bits per heavy atom. The normalized spacial score (nSPS) is 26.1. The largest absolute Gasteiger partial charge is 0.469 e. The van der Waals surface area contributed by atoms with Crippen molar-refractivity contribution in [3.8, 4) is 0 Å². The van der Waals surface area contributed by atoms with Crippen LogP contribution in [-0.4, -0.2) is 37.1 Å². The summed E-state index contributed by atoms with van der Waals surface area (Å²) in [5.74, 6) is 4.90. The molecular weight excluding hydrogens is 421 g/mol. The van der Waals surface area contributed by atoms with E-state index in [1.165, 1.54) is 25.7 Å². The summed E-state index contributed by atoms with van der Waals surface area (Å²) in [5.41, 5.74) is 0. The van der Waals surface area contributed by atoms with Crippen LogP contribution in [0.5, 0.6) is 0 Å². The van der Waals surface area contributed by atoms with Crippen LogP contribution < -0.4 is 10.6 Å². The molecule has 6 heteroatoms. The van der Waals surface area contributed by atoms with E-state index in [0.717, 1.165) is 48.8 Å². The van der Waals surface area contributed by atoms with Crippen LogP contribution in [0.4, 0.5) is 0 Å². The average Bonchev–Trinajstić information content (AvgIpc) is 3.25. The standard InChI is InChI=1S/C17H27N3OS.HI/c1-22-10-8-19-17(18-7-6-15-3-2-9-21-15)20-16-12-13-4-5-14(16)11-13;/h2-3,9,13-14,16H,4-8,10-12H2,1H3,(H2,18,19,20);1H. The van der Waals surface area contributed by atoms with Gasteiger partial charge in [-0.05, 0) is 49.5 Å². The maximum Gasteiger partial charge on any atom is 0.191 e. The SMILES string of the molecule is CSCCN=C(NCCc1ccco1)NC1CC2CCC1C2.I. The predicted octanol–water partition coefficient (Wildman–Crippen LogP) is 3.53. The van der Waals surface area contributed by atoms with Crippen LogP contribution in [0, 0.1) is 11.8 Å². The lowest BCUT2D eigenvalue weighted by molar-refractivity contribution is 0.387. The summed E-state index contributed by atoms with van der Waals surface area (Å²) in [4.78, 5) is 4.72. The number of aliphatic imine (C=N–C) groups is 1. The Kier molecular flexibility index (Phi) is 8.09. The third-order valence-electron chi connectivity index (χ3n) is 4.87. The van der Waals surface area contributed by atoms with E-state index in [4.69, 9.17) is 9.41 Å². The lowest BCUT2D eigenvalue weighted by Gasteiger charge is -2.25. The van der Waals surface area contributed by atoms with Crippen molar-refractivity contribution in [3.05, 3.63) is 24.2 Å². The summed E-state index contributed by atoms with van der Waals surface area (Å²) in [7, 11) is 0. The zero-order valence-electron chi connectivity index (χ0n) is 13.8. The highest BCUT2D eigenvalue weighted by Crippen LogP contribution is 2.44. The second kappa shape index (κ2) is 9.81. The molecule has 0 spiro atoms. The van der Waals surface area contributed by atoms with Crippen LogP contribution in [0.1, 0.15) is 31.4 Å². The van der Waals surface area contributed by atoms with Crippen molar-refractivity contribution in [1.82, 2.24) is 10.6 Å². The maximum atomic E-state index is 5.38. The first-order chi connectivity index (χ1) is 10.8. The second-order valence-electron chi connectivity index (χ2n) is 6.40. The molecule has 0 saturated heterocycles. The van der Waals surface area contributed by atoms with E-state index in [1.807, 2.05) is 23.9 Å². The van der Waals surface area contributed by atoms with Gasteiger partial charge in [0.2, 0.25) is 0 Å². The fourth-order valence-electron chi connectivity index (χ4n) is 3.76. The smallest absolute Gasteiger partial charge is 0.191 e. The van der Waals surface area contributed by atoms with E-state index >= 15 is 0 Å². The van der Waals surface area contributed by atoms with E-state index in [2.05, 4.69) is 16.9 Å². The van der Waals surface area contributed by atoms with Crippen LogP contribution in [-0.2, 0) is 6.42 Å². The zero-order chi connectivity index (χ0) is 15.2. The van der Waals surface area contributed by atoms with Gasteiger partial charge >= 0.3 is 0 Å². The quantitative estimate of drug-likeness (QED) is 0.290. The topological polar surface area (TPSA) is 49.6 Å². The van der Waals surface area contributed by atoms with Gasteiger partial charge in [-0.25, -0.2) is 0 Å². The number of hydrogen-bond donors (Lipinski definition) is 2. The number of nitrogens with one attached hydrogen (secondary N) is 2. The minimum atomic E-state index is 0. The third kappa shape index (κ3) is 5.59. The molecule has 4 nitrogen and oxygen atoms in total. The van der Waals surface area contributed by atoms with E-state index in [0.29, 0.717) is 6.04 Å². The van der Waals surface area contributed by atoms with E-state index in [1.54, 1.807) is 6.26 Å². The lowest BCUT2D eigenvalue weighted by atomic mass is 9.95. The molecule has 1 aromatic rings. The molecule has 130 valence electrons. The number of nitrogens with zero attached hydrogens (tertiary/aromatic N) is 1. The summed E-state index contributed by atoms with van der Waals surface area (Å²) >= 11 is 1.84. The van der Waals surface area contributed by atoms with Crippen molar-refractivity contribution in [2.24, 2.45) is 16.8 Å². The predicted molar refractivity (Wildman–Crippen MR) is 109 cm³/mol. The molecule has 3 unspecified atom stereocenters. The Labute approximate surface area is 160 Å². The Hall–Kier alpha value is -0.370. The Bertz CT molecular complexity index is 480. The molecule has 2 saturated carbocycles. The average molecular weight is 449 g/mol. The van der Waals surface area contributed by atoms with Gasteiger partial charge in [-0.1, -0.05) is 6.42 Å². The van der Waals surface area contributed by atoms with Gasteiger partial charge in [0.25, 0.3) is 0 Å². The molecule has 1 heterocycles. The number of guanidine groups is 1. The first kappa shape index (κ1) is 19.0. The van der Waals surface area contributed by atoms with Crippen LogP contribution in [0.15, 0.2) is 27.8 Å². The number of hydrogen-bond acceptors (Lipinski definition) is 3. The van der Waals surface area contributed by atoms with Crippen molar-refractivity contribution in [2.75, 3.05) is 25.1 Å². The fraction of sp³-hybridized carbons (Fsp3) is 0.706. The molecule has 23 heavy (non-hydrogen) atoms. The van der Waals surface area contributed by atoms with Crippen LogP contribution >= 0.6 is 35.7 Å². The molecule has 3 atom stereocenters. The van der Waals surface area contributed by atoms with Crippen LogP contribution in [0.3, 0.4) is 0 Å². The minimum Gasteiger partial charge on any atom is -0.469 e. The summed E-state index contributed by atoms with van der Waals surface area (Å²) in [6.07, 6.45) is 10.3. The molecule has 0 radical (unpaired) electrons. The van der Waals surface area contributed by atoms with Gasteiger partial charge in [0.1, 0.15) is 5.76 Å². The lowest BCUT2D eigenvalue weighted by Crippen LogP contribution is -2.46. The van der Waals surface area contributed by atoms with Gasteiger partial charge in [-0.2, -0.15) is 11.8 Å². The van der Waals surface area contributed by atoms with Gasteiger partial charge in [0, 0.05) is 24.8 Å². The number of halogens is 1. The number of furan rings is 1. The number of rotatable bonds is 7. The Morgan fingerprint density at radius 2 is 2.30 bits per heavy atom. The first-order valence-electron chi connectivity index (χ1n) is 8.41. The molecule has 3 rings (SSSR count).